The number of hydrogen-bond donors (Lipinski definition) is 1. The third kappa shape index (κ3) is 2.91. The quantitative estimate of drug-likeness (QED) is 0.760. The highest BCUT2D eigenvalue weighted by Gasteiger charge is 2.28. The van der Waals surface area contributed by atoms with Crippen LogP contribution >= 0.6 is 0 Å². The van der Waals surface area contributed by atoms with Gasteiger partial charge in [0.05, 0.1) is 5.69 Å². The zero-order chi connectivity index (χ0) is 18.4. The molecule has 1 aliphatic carbocycles. The van der Waals surface area contributed by atoms with Crippen molar-refractivity contribution < 1.29 is 14.3 Å². The van der Waals surface area contributed by atoms with Gasteiger partial charge in [0, 0.05) is 36.0 Å². The lowest BCUT2D eigenvalue weighted by molar-refractivity contribution is -0.120. The molecule has 27 heavy (non-hydrogen) atoms. The van der Waals surface area contributed by atoms with Crippen molar-refractivity contribution in [1.29, 1.82) is 0 Å². The van der Waals surface area contributed by atoms with Gasteiger partial charge >= 0.3 is 0 Å². The Balaban J connectivity index is 1.36. The van der Waals surface area contributed by atoms with Crippen molar-refractivity contribution >= 4 is 17.2 Å². The van der Waals surface area contributed by atoms with Crippen molar-refractivity contribution in [2.75, 3.05) is 18.5 Å². The van der Waals surface area contributed by atoms with E-state index in [1.165, 1.54) is 5.56 Å². The highest BCUT2D eigenvalue weighted by Crippen LogP contribution is 2.33. The van der Waals surface area contributed by atoms with Gasteiger partial charge in [-0.15, -0.1) is 0 Å². The summed E-state index contributed by atoms with van der Waals surface area (Å²) in [6, 6.07) is 9.64. The van der Waals surface area contributed by atoms with Crippen molar-refractivity contribution in [3.8, 4) is 11.5 Å². The van der Waals surface area contributed by atoms with E-state index in [-0.39, 0.29) is 11.8 Å². The minimum atomic E-state index is -0.0638. The molecule has 1 aliphatic heterocycles. The highest BCUT2D eigenvalue weighted by atomic mass is 16.6. The van der Waals surface area contributed by atoms with Crippen LogP contribution in [0.25, 0.3) is 5.65 Å². The number of rotatable bonds is 2. The summed E-state index contributed by atoms with van der Waals surface area (Å²) in [4.78, 5) is 17.6. The van der Waals surface area contributed by atoms with Crippen molar-refractivity contribution in [2.45, 2.75) is 26.2 Å². The number of hydrogen-bond acceptors (Lipinski definition) is 4. The lowest BCUT2D eigenvalue weighted by atomic mass is 9.89. The van der Waals surface area contributed by atoms with E-state index in [2.05, 4.69) is 28.9 Å². The van der Waals surface area contributed by atoms with Crippen molar-refractivity contribution in [1.82, 2.24) is 9.38 Å². The van der Waals surface area contributed by atoms with Gasteiger partial charge in [0.2, 0.25) is 5.91 Å². The number of aryl methyl sites for hydroxylation is 2. The van der Waals surface area contributed by atoms with Gasteiger partial charge in [-0.2, -0.15) is 0 Å². The Hall–Kier alpha value is -3.02. The minimum Gasteiger partial charge on any atom is -0.486 e. The normalized spacial score (nSPS) is 18.2. The van der Waals surface area contributed by atoms with E-state index in [4.69, 9.17) is 14.5 Å². The lowest BCUT2D eigenvalue weighted by Gasteiger charge is -2.22. The molecule has 2 aliphatic rings. The molecule has 0 spiro atoms. The molecule has 0 saturated heterocycles. The molecule has 6 nitrogen and oxygen atoms in total. The molecule has 0 fully saturated rings. The summed E-state index contributed by atoms with van der Waals surface area (Å²) in [6.07, 6.45) is 4.44. The van der Waals surface area contributed by atoms with Crippen LogP contribution in [-0.2, 0) is 17.6 Å². The third-order valence-electron chi connectivity index (χ3n) is 5.30. The Kier molecular flexibility index (Phi) is 3.77. The van der Waals surface area contributed by atoms with Gasteiger partial charge in [-0.25, -0.2) is 4.98 Å². The Bertz CT molecular complexity index is 1040. The smallest absolute Gasteiger partial charge is 0.227 e. The first-order chi connectivity index (χ1) is 13.2. The van der Waals surface area contributed by atoms with Crippen LogP contribution in [0, 0.1) is 12.8 Å². The van der Waals surface area contributed by atoms with Crippen molar-refractivity contribution in [3.05, 3.63) is 53.5 Å². The molecule has 0 saturated carbocycles. The zero-order valence-corrected chi connectivity index (χ0v) is 15.2. The molecule has 1 N–H and O–H groups in total. The van der Waals surface area contributed by atoms with E-state index in [1.54, 1.807) is 0 Å². The number of nitrogens with one attached hydrogen (secondary N) is 1. The molecule has 3 heterocycles. The molecule has 1 unspecified atom stereocenters. The fraction of sp³-hybridized carbons (Fsp3) is 0.333. The number of anilines is 1. The van der Waals surface area contributed by atoms with Gasteiger partial charge in [-0.3, -0.25) is 4.79 Å². The van der Waals surface area contributed by atoms with Gasteiger partial charge in [0.15, 0.2) is 11.5 Å². The van der Waals surface area contributed by atoms with E-state index >= 15 is 0 Å². The van der Waals surface area contributed by atoms with Crippen LogP contribution in [0.15, 0.2) is 36.5 Å². The second-order valence-corrected chi connectivity index (χ2v) is 7.23. The van der Waals surface area contributed by atoms with Crippen LogP contribution < -0.4 is 14.8 Å². The Morgan fingerprint density at radius 1 is 1.19 bits per heavy atom. The number of carbonyl (C=O) groups is 1. The standard InChI is InChI=1S/C21H21N3O3/c1-13-2-7-20-23-16-5-3-14(10-17(16)24(20)12-13)21(25)22-15-4-6-18-19(11-15)27-9-8-26-18/h2,4,6-7,11-12,14H,3,5,8-10H2,1H3,(H,22,25). The number of carbonyl (C=O) groups excluding carboxylic acids is 1. The van der Waals surface area contributed by atoms with E-state index in [0.717, 1.165) is 41.3 Å². The molecule has 6 heteroatoms. The van der Waals surface area contributed by atoms with E-state index < -0.39 is 0 Å². The first kappa shape index (κ1) is 16.2. The second-order valence-electron chi connectivity index (χ2n) is 7.23. The predicted molar refractivity (Wildman–Crippen MR) is 102 cm³/mol. The highest BCUT2D eigenvalue weighted by molar-refractivity contribution is 5.93. The summed E-state index contributed by atoms with van der Waals surface area (Å²) in [5.74, 6) is 1.39. The number of nitrogens with zero attached hydrogens (tertiary/aromatic N) is 2. The number of aromatic nitrogens is 2. The number of amides is 1. The average Bonchev–Trinajstić information content (AvgIpc) is 3.05. The molecule has 0 radical (unpaired) electrons. The molecule has 2 aromatic heterocycles. The molecule has 0 bridgehead atoms. The first-order valence-corrected chi connectivity index (χ1v) is 9.34. The van der Waals surface area contributed by atoms with E-state index in [0.29, 0.717) is 25.4 Å². The molecule has 5 rings (SSSR count). The van der Waals surface area contributed by atoms with Crippen LogP contribution in [0.5, 0.6) is 11.5 Å². The largest absolute Gasteiger partial charge is 0.486 e. The van der Waals surface area contributed by atoms with E-state index in [9.17, 15) is 4.79 Å². The van der Waals surface area contributed by atoms with Gasteiger partial charge < -0.3 is 19.2 Å². The fourth-order valence-electron chi connectivity index (χ4n) is 3.90. The molecular formula is C21H21N3O3. The third-order valence-corrected chi connectivity index (χ3v) is 5.30. The van der Waals surface area contributed by atoms with Gasteiger partial charge in [0.25, 0.3) is 0 Å². The van der Waals surface area contributed by atoms with Crippen LogP contribution in [0.2, 0.25) is 0 Å². The number of imidazole rings is 1. The topological polar surface area (TPSA) is 64.9 Å². The van der Waals surface area contributed by atoms with Crippen molar-refractivity contribution in [3.63, 3.8) is 0 Å². The number of ether oxygens (including phenoxy) is 2. The molecular weight excluding hydrogens is 342 g/mol. The van der Waals surface area contributed by atoms with Gasteiger partial charge in [-0.05, 0) is 43.5 Å². The maximum atomic E-state index is 12.9. The Morgan fingerprint density at radius 2 is 2.04 bits per heavy atom. The molecule has 1 amide bonds. The summed E-state index contributed by atoms with van der Waals surface area (Å²) in [6.45, 7) is 3.16. The summed E-state index contributed by atoms with van der Waals surface area (Å²) in [5, 5.41) is 3.04. The van der Waals surface area contributed by atoms with Gasteiger partial charge in [-0.1, -0.05) is 6.07 Å². The van der Waals surface area contributed by atoms with Crippen LogP contribution in [0.1, 0.15) is 23.4 Å². The summed E-state index contributed by atoms with van der Waals surface area (Å²) in [7, 11) is 0. The fourth-order valence-corrected chi connectivity index (χ4v) is 3.90. The Morgan fingerprint density at radius 3 is 2.93 bits per heavy atom. The molecule has 1 atom stereocenters. The number of pyridine rings is 1. The SMILES string of the molecule is Cc1ccc2nc3c(n2c1)CC(C(=O)Nc1ccc2c(c1)OCCO2)CC3. The maximum Gasteiger partial charge on any atom is 0.227 e. The minimum absolute atomic E-state index is 0.0416. The maximum absolute atomic E-state index is 12.9. The van der Waals surface area contributed by atoms with E-state index in [1.807, 2.05) is 24.3 Å². The zero-order valence-electron chi connectivity index (χ0n) is 15.2. The average molecular weight is 363 g/mol. The molecule has 1 aromatic carbocycles. The number of fused-ring (bicyclic) bond motifs is 4. The summed E-state index contributed by atoms with van der Waals surface area (Å²) >= 11 is 0. The summed E-state index contributed by atoms with van der Waals surface area (Å²) < 4.78 is 13.3. The van der Waals surface area contributed by atoms with Crippen molar-refractivity contribution in [2.24, 2.45) is 5.92 Å². The second kappa shape index (κ2) is 6.30. The van der Waals surface area contributed by atoms with Gasteiger partial charge in [0.1, 0.15) is 18.9 Å². The van der Waals surface area contributed by atoms with Crippen LogP contribution in [0.3, 0.4) is 0 Å². The monoisotopic (exact) mass is 363 g/mol. The van der Waals surface area contributed by atoms with Crippen LogP contribution in [-0.4, -0.2) is 28.5 Å². The first-order valence-electron chi connectivity index (χ1n) is 9.34. The predicted octanol–water partition coefficient (Wildman–Crippen LogP) is 3.16. The van der Waals surface area contributed by atoms with Crippen LogP contribution in [0.4, 0.5) is 5.69 Å². The molecule has 3 aromatic rings. The Labute approximate surface area is 157 Å². The summed E-state index contributed by atoms with van der Waals surface area (Å²) in [5.41, 5.74) is 5.15. The lowest BCUT2D eigenvalue weighted by Crippen LogP contribution is -2.28. The number of benzene rings is 1. The molecule has 138 valence electrons.